The Balaban J connectivity index is 1.50. The molecule has 9 rings (SSSR count). The molecular weight excluding hydrogens is 579 g/mol. The van der Waals surface area contributed by atoms with Crippen molar-refractivity contribution in [3.63, 3.8) is 0 Å². The van der Waals surface area contributed by atoms with Crippen molar-refractivity contribution in [1.29, 1.82) is 5.26 Å². The van der Waals surface area contributed by atoms with Crippen LogP contribution in [0.1, 0.15) is 5.56 Å². The number of hydrogen-bond acceptors (Lipinski definition) is 1. The van der Waals surface area contributed by atoms with Gasteiger partial charge in [0.1, 0.15) is 0 Å². The molecule has 222 valence electrons. The van der Waals surface area contributed by atoms with Crippen LogP contribution in [-0.4, -0.2) is 0 Å². The minimum absolute atomic E-state index is 0.700. The maximum absolute atomic E-state index is 10.2. The van der Waals surface area contributed by atoms with Crippen molar-refractivity contribution in [1.82, 2.24) is 0 Å². The van der Waals surface area contributed by atoms with Crippen molar-refractivity contribution in [2.45, 2.75) is 0 Å². The van der Waals surface area contributed by atoms with Gasteiger partial charge in [-0.25, -0.2) is 0 Å². The van der Waals surface area contributed by atoms with E-state index in [1.807, 2.05) is 6.07 Å². The summed E-state index contributed by atoms with van der Waals surface area (Å²) in [6.45, 7) is 0. The number of rotatable bonds is 5. The molecule has 0 spiro atoms. The van der Waals surface area contributed by atoms with Crippen LogP contribution in [-0.2, 0) is 0 Å². The highest BCUT2D eigenvalue weighted by Crippen LogP contribution is 2.60. The van der Waals surface area contributed by atoms with E-state index in [4.69, 9.17) is 0 Å². The Morgan fingerprint density at radius 1 is 0.292 bits per heavy atom. The van der Waals surface area contributed by atoms with Gasteiger partial charge in [0.15, 0.2) is 0 Å². The average molecular weight is 608 g/mol. The first-order valence-corrected chi connectivity index (χ1v) is 16.3. The topological polar surface area (TPSA) is 23.8 Å². The maximum atomic E-state index is 10.2. The van der Waals surface area contributed by atoms with E-state index in [2.05, 4.69) is 176 Å². The Kier molecular flexibility index (Phi) is 6.59. The van der Waals surface area contributed by atoms with E-state index < -0.39 is 0 Å². The molecule has 0 atom stereocenters. The van der Waals surface area contributed by atoms with Crippen LogP contribution in [0.25, 0.3) is 88.7 Å². The van der Waals surface area contributed by atoms with Crippen LogP contribution < -0.4 is 0 Å². The van der Waals surface area contributed by atoms with Crippen molar-refractivity contribution < 1.29 is 0 Å². The fourth-order valence-electron chi connectivity index (χ4n) is 7.64. The van der Waals surface area contributed by atoms with Crippen molar-refractivity contribution in [2.24, 2.45) is 0 Å². The van der Waals surface area contributed by atoms with E-state index >= 15 is 0 Å². The first-order chi connectivity index (χ1) is 23.8. The molecule has 0 aliphatic heterocycles. The van der Waals surface area contributed by atoms with Crippen LogP contribution in [0.5, 0.6) is 0 Å². The van der Waals surface area contributed by atoms with Gasteiger partial charge in [0.25, 0.3) is 0 Å². The van der Waals surface area contributed by atoms with Gasteiger partial charge in [0.2, 0.25) is 0 Å². The second-order valence-corrected chi connectivity index (χ2v) is 12.3. The molecule has 1 aliphatic carbocycles. The third-order valence-corrected chi connectivity index (χ3v) is 9.67. The van der Waals surface area contributed by atoms with Crippen LogP contribution in [0.3, 0.4) is 0 Å². The lowest BCUT2D eigenvalue weighted by Gasteiger charge is -2.26. The van der Waals surface area contributed by atoms with Crippen LogP contribution >= 0.6 is 0 Å². The predicted molar refractivity (Wildman–Crippen MR) is 200 cm³/mol. The Morgan fingerprint density at radius 2 is 0.667 bits per heavy atom. The molecular formula is C47H29N. The number of benzene rings is 8. The molecule has 0 N–H and O–H groups in total. The van der Waals surface area contributed by atoms with E-state index in [1.165, 1.54) is 66.8 Å². The van der Waals surface area contributed by atoms with Crippen LogP contribution in [0.2, 0.25) is 0 Å². The molecule has 8 aromatic rings. The van der Waals surface area contributed by atoms with Crippen LogP contribution in [0.15, 0.2) is 176 Å². The highest BCUT2D eigenvalue weighted by molar-refractivity contribution is 6.26. The average Bonchev–Trinajstić information content (AvgIpc) is 3.50. The lowest BCUT2D eigenvalue weighted by Crippen LogP contribution is -1.99. The Morgan fingerprint density at radius 3 is 1.15 bits per heavy atom. The van der Waals surface area contributed by atoms with Gasteiger partial charge in [-0.05, 0) is 89.3 Å². The largest absolute Gasteiger partial charge is 0.192 e. The van der Waals surface area contributed by atoms with Gasteiger partial charge < -0.3 is 0 Å². The summed E-state index contributed by atoms with van der Waals surface area (Å²) in [5, 5.41) is 12.3. The van der Waals surface area contributed by atoms with Gasteiger partial charge in [0.05, 0.1) is 11.6 Å². The molecule has 0 aromatic heterocycles. The smallest absolute Gasteiger partial charge is 0.0998 e. The van der Waals surface area contributed by atoms with Crippen LogP contribution in [0, 0.1) is 11.3 Å². The van der Waals surface area contributed by atoms with E-state index in [0.29, 0.717) is 5.56 Å². The predicted octanol–water partition coefficient (Wildman–Crippen LogP) is 12.7. The number of hydrogen-bond donors (Lipinski definition) is 0. The molecule has 0 amide bonds. The van der Waals surface area contributed by atoms with Crippen LogP contribution in [0.4, 0.5) is 0 Å². The Bertz CT molecular complexity index is 2510. The standard InChI is InChI=1S/C47H29N/c48-30-37-28-29-40-45-38(37)22-13-23-39(45)46-43(34-18-9-3-10-19-34)41(33-16-7-2-8-17-33)42(44(47(40)46)35-20-11-4-12-21-35)36-26-24-32(25-27-36)31-14-5-1-6-15-31/h1-29H. The number of nitriles is 1. The first-order valence-electron chi connectivity index (χ1n) is 16.3. The van der Waals surface area contributed by atoms with E-state index in [0.717, 1.165) is 21.9 Å². The molecule has 1 nitrogen and oxygen atoms in total. The lowest BCUT2D eigenvalue weighted by atomic mass is 9.76. The van der Waals surface area contributed by atoms with Crippen molar-refractivity contribution >= 4 is 10.8 Å². The first kappa shape index (κ1) is 27.8. The van der Waals surface area contributed by atoms with Crippen molar-refractivity contribution in [3.05, 3.63) is 181 Å². The molecule has 0 saturated heterocycles. The lowest BCUT2D eigenvalue weighted by molar-refractivity contribution is 1.50. The quantitative estimate of drug-likeness (QED) is 0.191. The normalized spacial score (nSPS) is 11.3. The summed E-state index contributed by atoms with van der Waals surface area (Å²) in [7, 11) is 0. The van der Waals surface area contributed by atoms with Gasteiger partial charge in [-0.3, -0.25) is 0 Å². The molecule has 0 unspecified atom stereocenters. The zero-order chi connectivity index (χ0) is 32.0. The third kappa shape index (κ3) is 4.32. The van der Waals surface area contributed by atoms with Gasteiger partial charge in [-0.1, -0.05) is 170 Å². The van der Waals surface area contributed by atoms with Gasteiger partial charge in [-0.15, -0.1) is 0 Å². The summed E-state index contributed by atoms with van der Waals surface area (Å²) in [4.78, 5) is 0. The summed E-state index contributed by atoms with van der Waals surface area (Å²) in [6.07, 6.45) is 0. The van der Waals surface area contributed by atoms with Gasteiger partial charge in [0, 0.05) is 5.39 Å². The SMILES string of the molecule is N#Cc1ccc2c3c(cccc13)-c1c(-c3ccccc3)c(-c3ccccc3)c(-c3ccc(-c4ccccc4)cc3)c(-c3ccccc3)c1-2. The molecule has 1 aliphatic rings. The Hall–Kier alpha value is -6.49. The molecule has 48 heavy (non-hydrogen) atoms. The maximum Gasteiger partial charge on any atom is 0.0998 e. The summed E-state index contributed by atoms with van der Waals surface area (Å²) >= 11 is 0. The number of nitrogens with zero attached hydrogens (tertiary/aromatic N) is 1. The summed E-state index contributed by atoms with van der Waals surface area (Å²) in [6, 6.07) is 65.2. The van der Waals surface area contributed by atoms with E-state index in [1.54, 1.807) is 0 Å². The van der Waals surface area contributed by atoms with Crippen molar-refractivity contribution in [2.75, 3.05) is 0 Å². The zero-order valence-electron chi connectivity index (χ0n) is 26.2. The van der Waals surface area contributed by atoms with E-state index in [-0.39, 0.29) is 0 Å². The molecule has 1 heteroatoms. The highest BCUT2D eigenvalue weighted by atomic mass is 14.4. The molecule has 0 bridgehead atoms. The molecule has 0 saturated carbocycles. The van der Waals surface area contributed by atoms with Crippen molar-refractivity contribution in [3.8, 4) is 84.0 Å². The molecule has 0 radical (unpaired) electrons. The fourth-order valence-corrected chi connectivity index (χ4v) is 7.64. The summed E-state index contributed by atoms with van der Waals surface area (Å²) in [5.74, 6) is 0. The fraction of sp³-hybridized carbons (Fsp3) is 0. The second-order valence-electron chi connectivity index (χ2n) is 12.3. The minimum atomic E-state index is 0.700. The number of fused-ring (bicyclic) bond motifs is 3. The highest BCUT2D eigenvalue weighted by Gasteiger charge is 2.34. The Labute approximate surface area is 280 Å². The summed E-state index contributed by atoms with van der Waals surface area (Å²) < 4.78 is 0. The van der Waals surface area contributed by atoms with E-state index in [9.17, 15) is 5.26 Å². The second kappa shape index (κ2) is 11.4. The zero-order valence-corrected chi connectivity index (χ0v) is 26.2. The third-order valence-electron chi connectivity index (χ3n) is 9.67. The van der Waals surface area contributed by atoms with Gasteiger partial charge >= 0.3 is 0 Å². The molecule has 8 aromatic carbocycles. The van der Waals surface area contributed by atoms with Gasteiger partial charge in [-0.2, -0.15) is 5.26 Å². The monoisotopic (exact) mass is 607 g/mol. The minimum Gasteiger partial charge on any atom is -0.192 e. The molecule has 0 fully saturated rings. The summed E-state index contributed by atoms with van der Waals surface area (Å²) in [5.41, 5.74) is 17.4. The molecule has 0 heterocycles.